The lowest BCUT2D eigenvalue weighted by molar-refractivity contribution is 0.112. The van der Waals surface area contributed by atoms with Gasteiger partial charge in [0, 0.05) is 5.56 Å². The van der Waals surface area contributed by atoms with Crippen molar-refractivity contribution in [1.29, 1.82) is 0 Å². The topological polar surface area (TPSA) is 55.7 Å². The van der Waals surface area contributed by atoms with Crippen LogP contribution in [0.3, 0.4) is 0 Å². The molecular weight excluding hydrogens is 170 g/mol. The van der Waals surface area contributed by atoms with Gasteiger partial charge in [0.15, 0.2) is 0 Å². The highest BCUT2D eigenvalue weighted by atomic mass is 16.5. The van der Waals surface area contributed by atoms with Crippen molar-refractivity contribution in [1.82, 2.24) is 0 Å². The third kappa shape index (κ3) is 2.01. The largest absolute Gasteiger partial charge is 0.494 e. The van der Waals surface area contributed by atoms with E-state index in [-0.39, 0.29) is 0 Å². The molecule has 0 unspecified atom stereocenters. The number of hydrogen-bond acceptors (Lipinski definition) is 4. The number of carbonyl (C=O) groups is 1. The number of ether oxygens (including phenoxy) is 1. The summed E-state index contributed by atoms with van der Waals surface area (Å²) in [6.07, 6.45) is 2.06. The summed E-state index contributed by atoms with van der Waals surface area (Å²) in [6, 6.07) is 4.60. The van der Waals surface area contributed by atoms with Gasteiger partial charge in [0.1, 0.15) is 17.7 Å². The minimum Gasteiger partial charge on any atom is -0.494 e. The van der Waals surface area contributed by atoms with E-state index in [0.29, 0.717) is 23.3 Å². The van der Waals surface area contributed by atoms with Gasteiger partial charge >= 0.3 is 0 Å². The quantitative estimate of drug-likeness (QED) is 0.399. The van der Waals surface area contributed by atoms with Gasteiger partial charge in [0.05, 0.1) is 7.11 Å². The molecule has 1 aromatic carbocycles. The Balaban J connectivity index is 3.24. The van der Waals surface area contributed by atoms with E-state index in [2.05, 4.69) is 4.99 Å². The molecule has 0 aromatic heterocycles. The molecule has 0 aliphatic carbocycles. The van der Waals surface area contributed by atoms with Gasteiger partial charge in [-0.3, -0.25) is 4.79 Å². The van der Waals surface area contributed by atoms with Gasteiger partial charge in [-0.1, -0.05) is 0 Å². The molecule has 0 aliphatic heterocycles. The zero-order valence-electron chi connectivity index (χ0n) is 6.98. The van der Waals surface area contributed by atoms with E-state index in [1.807, 2.05) is 0 Å². The lowest BCUT2D eigenvalue weighted by Gasteiger charge is -2.02. The van der Waals surface area contributed by atoms with E-state index in [1.165, 1.54) is 19.3 Å². The molecule has 4 heteroatoms. The Labute approximate surface area is 74.9 Å². The second-order valence-corrected chi connectivity index (χ2v) is 2.25. The maximum Gasteiger partial charge on any atom is 0.240 e. The van der Waals surface area contributed by atoms with Crippen molar-refractivity contribution in [2.75, 3.05) is 7.11 Å². The van der Waals surface area contributed by atoms with Crippen molar-refractivity contribution in [2.45, 2.75) is 0 Å². The van der Waals surface area contributed by atoms with Crippen molar-refractivity contribution in [3.63, 3.8) is 0 Å². The SMILES string of the molecule is COc1ccc(C=O)cc1N=C=O. The zero-order valence-corrected chi connectivity index (χ0v) is 6.98. The average Bonchev–Trinajstić information content (AvgIpc) is 2.18. The smallest absolute Gasteiger partial charge is 0.240 e. The zero-order chi connectivity index (χ0) is 9.68. The third-order valence-corrected chi connectivity index (χ3v) is 1.51. The van der Waals surface area contributed by atoms with Crippen molar-refractivity contribution in [2.24, 2.45) is 4.99 Å². The van der Waals surface area contributed by atoms with Gasteiger partial charge in [0.2, 0.25) is 6.08 Å². The van der Waals surface area contributed by atoms with Crippen LogP contribution in [0.4, 0.5) is 5.69 Å². The van der Waals surface area contributed by atoms with Crippen LogP contribution in [-0.4, -0.2) is 19.5 Å². The number of aliphatic imine (C=N–C) groups is 1. The predicted octanol–water partition coefficient (Wildman–Crippen LogP) is 1.47. The molecule has 0 amide bonds. The number of hydrogen-bond donors (Lipinski definition) is 0. The molecule has 0 saturated heterocycles. The van der Waals surface area contributed by atoms with Crippen LogP contribution < -0.4 is 4.74 Å². The Bertz CT molecular complexity index is 367. The highest BCUT2D eigenvalue weighted by molar-refractivity contribution is 5.78. The van der Waals surface area contributed by atoms with Gasteiger partial charge in [-0.15, -0.1) is 0 Å². The molecular formula is C9H7NO3. The van der Waals surface area contributed by atoms with Gasteiger partial charge < -0.3 is 4.74 Å². The monoisotopic (exact) mass is 177 g/mol. The third-order valence-electron chi connectivity index (χ3n) is 1.51. The lowest BCUT2D eigenvalue weighted by atomic mass is 10.2. The fourth-order valence-electron chi connectivity index (χ4n) is 0.917. The number of nitrogens with zero attached hydrogens (tertiary/aromatic N) is 1. The Hall–Kier alpha value is -1.93. The number of methoxy groups -OCH3 is 1. The molecule has 13 heavy (non-hydrogen) atoms. The molecule has 0 heterocycles. The molecule has 0 N–H and O–H groups in total. The standard InChI is InChI=1S/C9H7NO3/c1-13-9-3-2-7(5-11)4-8(9)10-6-12/h2-5H,1H3. The van der Waals surface area contributed by atoms with Crippen molar-refractivity contribution >= 4 is 18.1 Å². The van der Waals surface area contributed by atoms with E-state index >= 15 is 0 Å². The first-order chi connectivity index (χ1) is 6.31. The van der Waals surface area contributed by atoms with Gasteiger partial charge in [-0.25, -0.2) is 4.79 Å². The van der Waals surface area contributed by atoms with Crippen LogP contribution in [0.5, 0.6) is 5.75 Å². The van der Waals surface area contributed by atoms with Crippen LogP contribution in [-0.2, 0) is 4.79 Å². The summed E-state index contributed by atoms with van der Waals surface area (Å²) < 4.78 is 4.91. The molecule has 0 bridgehead atoms. The first-order valence-corrected chi connectivity index (χ1v) is 3.53. The molecule has 1 rings (SSSR count). The van der Waals surface area contributed by atoms with Crippen LogP contribution in [0.15, 0.2) is 23.2 Å². The first-order valence-electron chi connectivity index (χ1n) is 3.53. The van der Waals surface area contributed by atoms with Crippen LogP contribution in [0.25, 0.3) is 0 Å². The van der Waals surface area contributed by atoms with Crippen LogP contribution in [0, 0.1) is 0 Å². The molecule has 0 atom stereocenters. The number of aldehydes is 1. The minimum absolute atomic E-state index is 0.308. The fourth-order valence-corrected chi connectivity index (χ4v) is 0.917. The summed E-state index contributed by atoms with van der Waals surface area (Å²) in [5.74, 6) is 0.439. The molecule has 66 valence electrons. The van der Waals surface area contributed by atoms with Crippen LogP contribution >= 0.6 is 0 Å². The highest BCUT2D eigenvalue weighted by Crippen LogP contribution is 2.27. The Kier molecular flexibility index (Phi) is 2.95. The van der Waals surface area contributed by atoms with E-state index in [0.717, 1.165) is 0 Å². The highest BCUT2D eigenvalue weighted by Gasteiger charge is 2.01. The summed E-state index contributed by atoms with van der Waals surface area (Å²) in [5, 5.41) is 0. The maximum atomic E-state index is 10.4. The second kappa shape index (κ2) is 4.18. The van der Waals surface area contributed by atoms with Crippen LogP contribution in [0.2, 0.25) is 0 Å². The van der Waals surface area contributed by atoms with Gasteiger partial charge in [-0.2, -0.15) is 4.99 Å². The van der Waals surface area contributed by atoms with Gasteiger partial charge in [0.25, 0.3) is 0 Å². The van der Waals surface area contributed by atoms with E-state index in [1.54, 1.807) is 12.1 Å². The predicted molar refractivity (Wildman–Crippen MR) is 46.2 cm³/mol. The van der Waals surface area contributed by atoms with E-state index in [4.69, 9.17) is 4.74 Å². The number of carbonyl (C=O) groups excluding carboxylic acids is 2. The number of rotatable bonds is 3. The van der Waals surface area contributed by atoms with Crippen molar-refractivity contribution < 1.29 is 14.3 Å². The van der Waals surface area contributed by atoms with Crippen molar-refractivity contribution in [3.05, 3.63) is 23.8 Å². The average molecular weight is 177 g/mol. The molecule has 0 radical (unpaired) electrons. The summed E-state index contributed by atoms with van der Waals surface area (Å²) in [7, 11) is 1.46. The van der Waals surface area contributed by atoms with Crippen molar-refractivity contribution in [3.8, 4) is 5.75 Å². The molecule has 4 nitrogen and oxygen atoms in total. The fraction of sp³-hybridized carbons (Fsp3) is 0.111. The lowest BCUT2D eigenvalue weighted by Crippen LogP contribution is -1.85. The Morgan fingerprint density at radius 3 is 2.85 bits per heavy atom. The summed E-state index contributed by atoms with van der Waals surface area (Å²) in [5.41, 5.74) is 0.747. The maximum absolute atomic E-state index is 10.4. The molecule has 0 aliphatic rings. The van der Waals surface area contributed by atoms with E-state index < -0.39 is 0 Å². The molecule has 1 aromatic rings. The van der Waals surface area contributed by atoms with Gasteiger partial charge in [-0.05, 0) is 18.2 Å². The molecule has 0 fully saturated rings. The normalized spacial score (nSPS) is 8.69. The Morgan fingerprint density at radius 2 is 2.31 bits per heavy atom. The Morgan fingerprint density at radius 1 is 1.54 bits per heavy atom. The second-order valence-electron chi connectivity index (χ2n) is 2.25. The summed E-state index contributed by atoms with van der Waals surface area (Å²) >= 11 is 0. The number of isocyanates is 1. The van der Waals surface area contributed by atoms with Crippen LogP contribution in [0.1, 0.15) is 10.4 Å². The molecule has 0 saturated carbocycles. The molecule has 0 spiro atoms. The van der Waals surface area contributed by atoms with E-state index in [9.17, 15) is 9.59 Å². The first kappa shape index (κ1) is 9.16. The summed E-state index contributed by atoms with van der Waals surface area (Å²) in [4.78, 5) is 23.8. The summed E-state index contributed by atoms with van der Waals surface area (Å²) in [6.45, 7) is 0. The number of benzene rings is 1. The minimum atomic E-state index is 0.308.